The molecule has 4 rings (SSSR count). The average Bonchev–Trinajstić information content (AvgIpc) is 3.27. The van der Waals surface area contributed by atoms with Gasteiger partial charge in [-0.05, 0) is 25.3 Å². The number of thiophene rings is 1. The molecular formula is C17H16N4O2S. The van der Waals surface area contributed by atoms with Gasteiger partial charge in [-0.15, -0.1) is 11.3 Å². The van der Waals surface area contributed by atoms with Gasteiger partial charge in [-0.25, -0.2) is 4.98 Å². The molecule has 2 saturated heterocycles. The summed E-state index contributed by atoms with van der Waals surface area (Å²) in [5.74, 6) is 4.23. The van der Waals surface area contributed by atoms with Crippen LogP contribution in [0, 0.1) is 11.8 Å². The Morgan fingerprint density at radius 2 is 2.29 bits per heavy atom. The lowest BCUT2D eigenvalue weighted by molar-refractivity contribution is -0.112. The zero-order chi connectivity index (χ0) is 16.7. The molecule has 6 nitrogen and oxygen atoms in total. The summed E-state index contributed by atoms with van der Waals surface area (Å²) in [6, 6.07) is 2.81. The number of nitrogens with zero attached hydrogens (tertiary/aromatic N) is 1. The lowest BCUT2D eigenvalue weighted by Gasteiger charge is -2.21. The Balaban J connectivity index is 1.58. The van der Waals surface area contributed by atoms with Crippen molar-refractivity contribution in [3.05, 3.63) is 28.9 Å². The smallest absolute Gasteiger partial charge is 0.293 e. The van der Waals surface area contributed by atoms with Crippen LogP contribution in [-0.2, 0) is 4.79 Å². The van der Waals surface area contributed by atoms with Gasteiger partial charge in [0.15, 0.2) is 0 Å². The van der Waals surface area contributed by atoms with E-state index in [4.69, 9.17) is 5.73 Å². The van der Waals surface area contributed by atoms with E-state index in [2.05, 4.69) is 27.5 Å². The number of carbonyl (C=O) groups is 2. The quantitative estimate of drug-likeness (QED) is 0.703. The highest BCUT2D eigenvalue weighted by Crippen LogP contribution is 2.29. The maximum absolute atomic E-state index is 12.5. The van der Waals surface area contributed by atoms with Crippen molar-refractivity contribution in [2.24, 2.45) is 5.73 Å². The van der Waals surface area contributed by atoms with Gasteiger partial charge in [0.2, 0.25) is 0 Å². The van der Waals surface area contributed by atoms with Gasteiger partial charge in [-0.3, -0.25) is 9.59 Å². The van der Waals surface area contributed by atoms with E-state index in [9.17, 15) is 9.59 Å². The first kappa shape index (κ1) is 15.1. The van der Waals surface area contributed by atoms with Gasteiger partial charge in [0.25, 0.3) is 11.8 Å². The largest absolute Gasteiger partial charge is 0.359 e. The van der Waals surface area contributed by atoms with Gasteiger partial charge in [-0.2, -0.15) is 0 Å². The summed E-state index contributed by atoms with van der Waals surface area (Å²) in [5.41, 5.74) is 6.11. The van der Waals surface area contributed by atoms with E-state index < -0.39 is 5.91 Å². The third-order valence-corrected chi connectivity index (χ3v) is 5.56. The summed E-state index contributed by atoms with van der Waals surface area (Å²) in [6.07, 6.45) is 4.95. The maximum Gasteiger partial charge on any atom is 0.293 e. The SMILES string of the molecule is NC(=O)C#Cc1csc2cnc(C(=O)N[C@@H]3C[C@H]4CC[C@@H]3N4)cc12. The van der Waals surface area contributed by atoms with Crippen LogP contribution in [0.5, 0.6) is 0 Å². The zero-order valence-electron chi connectivity index (χ0n) is 12.8. The fourth-order valence-corrected chi connectivity index (χ4v) is 4.35. The van der Waals surface area contributed by atoms with Crippen molar-refractivity contribution in [1.82, 2.24) is 15.6 Å². The van der Waals surface area contributed by atoms with Crippen LogP contribution in [0.4, 0.5) is 0 Å². The average molecular weight is 340 g/mol. The molecule has 2 fully saturated rings. The first-order valence-corrected chi connectivity index (χ1v) is 8.74. The van der Waals surface area contributed by atoms with Crippen LogP contribution in [0.1, 0.15) is 35.3 Å². The Hall–Kier alpha value is -2.43. The van der Waals surface area contributed by atoms with Crippen LogP contribution in [0.15, 0.2) is 17.6 Å². The molecule has 2 aliphatic rings. The summed E-state index contributed by atoms with van der Waals surface area (Å²) in [6.45, 7) is 0. The predicted molar refractivity (Wildman–Crippen MR) is 91.5 cm³/mol. The predicted octanol–water partition coefficient (Wildman–Crippen LogP) is 0.756. The third-order valence-electron chi connectivity index (χ3n) is 4.63. The Bertz CT molecular complexity index is 895. The molecule has 122 valence electrons. The molecule has 2 aliphatic heterocycles. The molecule has 2 bridgehead atoms. The van der Waals surface area contributed by atoms with E-state index in [0.717, 1.165) is 22.9 Å². The zero-order valence-corrected chi connectivity index (χ0v) is 13.7. The van der Waals surface area contributed by atoms with Crippen LogP contribution in [0.25, 0.3) is 10.1 Å². The van der Waals surface area contributed by atoms with Crippen LogP contribution in [0.3, 0.4) is 0 Å². The molecule has 0 radical (unpaired) electrons. The lowest BCUT2D eigenvalue weighted by Crippen LogP contribution is -2.43. The molecule has 24 heavy (non-hydrogen) atoms. The minimum Gasteiger partial charge on any atom is -0.359 e. The van der Waals surface area contributed by atoms with Gasteiger partial charge in [-0.1, -0.05) is 5.92 Å². The second-order valence-electron chi connectivity index (χ2n) is 6.19. The highest BCUT2D eigenvalue weighted by atomic mass is 32.1. The molecule has 4 N–H and O–H groups in total. The highest BCUT2D eigenvalue weighted by molar-refractivity contribution is 7.17. The molecule has 0 aromatic carbocycles. The van der Waals surface area contributed by atoms with Crippen molar-refractivity contribution in [3.8, 4) is 11.8 Å². The Morgan fingerprint density at radius 1 is 1.42 bits per heavy atom. The number of aromatic nitrogens is 1. The number of pyridine rings is 1. The monoisotopic (exact) mass is 340 g/mol. The second kappa shape index (κ2) is 5.89. The van der Waals surface area contributed by atoms with Crippen LogP contribution >= 0.6 is 11.3 Å². The molecule has 0 aliphatic carbocycles. The van der Waals surface area contributed by atoms with Crippen molar-refractivity contribution < 1.29 is 9.59 Å². The summed E-state index contributed by atoms with van der Waals surface area (Å²) >= 11 is 1.47. The summed E-state index contributed by atoms with van der Waals surface area (Å²) in [5, 5.41) is 9.24. The van der Waals surface area contributed by atoms with E-state index in [0.29, 0.717) is 23.3 Å². The molecule has 0 spiro atoms. The number of rotatable bonds is 2. The van der Waals surface area contributed by atoms with E-state index in [-0.39, 0.29) is 11.9 Å². The van der Waals surface area contributed by atoms with E-state index in [1.165, 1.54) is 17.8 Å². The normalized spacial score (nSPS) is 24.6. The van der Waals surface area contributed by atoms with E-state index in [1.807, 2.05) is 5.38 Å². The number of hydrogen-bond acceptors (Lipinski definition) is 5. The van der Waals surface area contributed by atoms with Gasteiger partial charge in [0.05, 0.1) is 4.70 Å². The van der Waals surface area contributed by atoms with Gasteiger partial charge < -0.3 is 16.4 Å². The fourth-order valence-electron chi connectivity index (χ4n) is 3.51. The van der Waals surface area contributed by atoms with Crippen LogP contribution < -0.4 is 16.4 Å². The Kier molecular flexibility index (Phi) is 3.71. The molecular weight excluding hydrogens is 324 g/mol. The summed E-state index contributed by atoms with van der Waals surface area (Å²) < 4.78 is 0.918. The van der Waals surface area contributed by atoms with Crippen molar-refractivity contribution >= 4 is 33.2 Å². The molecule has 0 saturated carbocycles. The molecule has 7 heteroatoms. The number of primary amides is 1. The minimum absolute atomic E-state index is 0.170. The molecule has 3 atom stereocenters. The summed E-state index contributed by atoms with van der Waals surface area (Å²) in [4.78, 5) is 27.6. The van der Waals surface area contributed by atoms with Crippen molar-refractivity contribution in [2.75, 3.05) is 0 Å². The van der Waals surface area contributed by atoms with Crippen molar-refractivity contribution in [3.63, 3.8) is 0 Å². The molecule has 2 aromatic rings. The van der Waals surface area contributed by atoms with Crippen LogP contribution in [0.2, 0.25) is 0 Å². The number of nitrogens with two attached hydrogens (primary N) is 1. The first-order valence-electron chi connectivity index (χ1n) is 7.86. The maximum atomic E-state index is 12.5. The molecule has 0 unspecified atom stereocenters. The summed E-state index contributed by atoms with van der Waals surface area (Å²) in [7, 11) is 0. The second-order valence-corrected chi connectivity index (χ2v) is 7.10. The Labute approximate surface area is 142 Å². The van der Waals surface area contributed by atoms with Gasteiger partial charge in [0.1, 0.15) is 5.69 Å². The molecule has 4 heterocycles. The van der Waals surface area contributed by atoms with Crippen molar-refractivity contribution in [1.29, 1.82) is 0 Å². The van der Waals surface area contributed by atoms with E-state index in [1.54, 1.807) is 12.3 Å². The lowest BCUT2D eigenvalue weighted by atomic mass is 9.95. The number of fused-ring (bicyclic) bond motifs is 3. The number of hydrogen-bond donors (Lipinski definition) is 3. The highest BCUT2D eigenvalue weighted by Gasteiger charge is 2.39. The molecule has 2 amide bonds. The third kappa shape index (κ3) is 2.75. The van der Waals surface area contributed by atoms with Crippen LogP contribution in [-0.4, -0.2) is 34.9 Å². The minimum atomic E-state index is -0.676. The first-order chi connectivity index (χ1) is 11.6. The Morgan fingerprint density at radius 3 is 3.00 bits per heavy atom. The molecule has 2 aromatic heterocycles. The number of nitrogens with one attached hydrogen (secondary N) is 2. The van der Waals surface area contributed by atoms with E-state index >= 15 is 0 Å². The van der Waals surface area contributed by atoms with Gasteiger partial charge >= 0.3 is 0 Å². The number of amides is 2. The number of carbonyl (C=O) groups excluding carboxylic acids is 2. The topological polar surface area (TPSA) is 97.1 Å². The van der Waals surface area contributed by atoms with Crippen molar-refractivity contribution in [2.45, 2.75) is 37.4 Å². The standard InChI is InChI=1S/C17H16N4O2S/c18-16(22)4-1-9-8-24-15-7-19-14(6-11(9)15)17(23)21-13-5-10-2-3-12(13)20-10/h6-8,10,12-13,20H,2-3,5H2,(H2,18,22)(H,21,23)/t10-,12+,13-/m1/s1. The fraction of sp³-hybridized carbons (Fsp3) is 0.353. The van der Waals surface area contributed by atoms with Gasteiger partial charge in [0, 0.05) is 46.6 Å².